The van der Waals surface area contributed by atoms with E-state index in [0.29, 0.717) is 10.2 Å². The second kappa shape index (κ2) is 13.5. The lowest BCUT2D eigenvalue weighted by molar-refractivity contribution is 0.569. The molecule has 26 valence electrons. The smallest absolute Gasteiger partial charge is 0.0881 e. The van der Waals surface area contributed by atoms with Crippen molar-refractivity contribution in [1.29, 1.82) is 0 Å². The van der Waals surface area contributed by atoms with E-state index in [9.17, 15) is 0 Å². The van der Waals surface area contributed by atoms with Crippen LogP contribution in [0.2, 0.25) is 0 Å². The first-order valence-electron chi connectivity index (χ1n) is 0.813. The van der Waals surface area contributed by atoms with E-state index in [0.717, 1.165) is 5.91 Å². The van der Waals surface area contributed by atoms with Crippen LogP contribution in [-0.4, -0.2) is 16.2 Å². The van der Waals surface area contributed by atoms with Gasteiger partial charge in [-0.15, -0.1) is 0 Å². The second-order valence-corrected chi connectivity index (χ2v) is 0.707. The molecule has 4 heavy (non-hydrogen) atoms. The summed E-state index contributed by atoms with van der Waals surface area (Å²) in [7, 11) is 0.688. The van der Waals surface area contributed by atoms with Crippen LogP contribution in [0, 0.1) is 0 Å². The molecule has 0 unspecified atom stereocenters. The Morgan fingerprint density at radius 2 is 1.75 bits per heavy atom. The Kier molecular flexibility index (Phi) is 30.9. The first kappa shape index (κ1) is 9.14. The minimum atomic E-state index is 0. The van der Waals surface area contributed by atoms with Gasteiger partial charge in [-0.05, 0) is 0 Å². The largest absolute Gasteiger partial charge is 0.344 e. The molecule has 0 rings (SSSR count). The standard InChI is InChI=1S/CH4OSi.H3N/c2-1-3;/h1H,3H3;1H3. The van der Waals surface area contributed by atoms with E-state index in [-0.39, 0.29) is 6.15 Å². The first-order valence-corrected chi connectivity index (χ1v) is 1.97. The summed E-state index contributed by atoms with van der Waals surface area (Å²) in [5, 5.41) is 0. The molecular formula is CH7NOSi. The van der Waals surface area contributed by atoms with Gasteiger partial charge in [0.15, 0.2) is 0 Å². The molecule has 0 aliphatic rings. The number of hydrogen-bond donors (Lipinski definition) is 1. The van der Waals surface area contributed by atoms with Crippen molar-refractivity contribution in [3.63, 3.8) is 0 Å². The molecule has 0 aromatic heterocycles. The molecule has 2 nitrogen and oxygen atoms in total. The van der Waals surface area contributed by atoms with E-state index in [1.165, 1.54) is 0 Å². The third-order valence-electron chi connectivity index (χ3n) is 0. The maximum absolute atomic E-state index is 8.87. The summed E-state index contributed by atoms with van der Waals surface area (Å²) >= 11 is 0. The van der Waals surface area contributed by atoms with Gasteiger partial charge < -0.3 is 10.9 Å². The number of carbonyl (C=O) groups is 1. The van der Waals surface area contributed by atoms with Crippen LogP contribution < -0.4 is 6.15 Å². The molecule has 0 aromatic carbocycles. The number of carbonyl (C=O) groups excluding carboxylic acids is 1. The zero-order valence-corrected chi connectivity index (χ0v) is 4.69. The number of rotatable bonds is 0. The van der Waals surface area contributed by atoms with E-state index < -0.39 is 0 Å². The monoisotopic (exact) mass is 77.0 g/mol. The maximum Gasteiger partial charge on any atom is 0.0881 e. The van der Waals surface area contributed by atoms with Crippen LogP contribution in [-0.2, 0) is 4.79 Å². The van der Waals surface area contributed by atoms with E-state index >= 15 is 0 Å². The lowest BCUT2D eigenvalue weighted by Gasteiger charge is -1.22. The van der Waals surface area contributed by atoms with Crippen LogP contribution in [0.3, 0.4) is 0 Å². The van der Waals surface area contributed by atoms with Crippen LogP contribution in [0.4, 0.5) is 0 Å². The maximum atomic E-state index is 8.87. The summed E-state index contributed by atoms with van der Waals surface area (Å²) in [6.45, 7) is 0. The summed E-state index contributed by atoms with van der Waals surface area (Å²) in [4.78, 5) is 8.87. The summed E-state index contributed by atoms with van der Waals surface area (Å²) < 4.78 is 0. The lowest BCUT2D eigenvalue weighted by Crippen LogP contribution is -1.52. The molecule has 0 fully saturated rings. The highest BCUT2D eigenvalue weighted by molar-refractivity contribution is 6.48. The topological polar surface area (TPSA) is 52.1 Å². The van der Waals surface area contributed by atoms with Gasteiger partial charge in [0.05, 0.1) is 16.2 Å². The third kappa shape index (κ3) is 56.5. The lowest BCUT2D eigenvalue weighted by atomic mass is 11.8. The van der Waals surface area contributed by atoms with Crippen LogP contribution in [0.15, 0.2) is 0 Å². The fourth-order valence-electron chi connectivity index (χ4n) is 0. The van der Waals surface area contributed by atoms with E-state index in [2.05, 4.69) is 0 Å². The predicted octanol–water partition coefficient (Wildman–Crippen LogP) is -1.30. The first-order chi connectivity index (χ1) is 1.41. The summed E-state index contributed by atoms with van der Waals surface area (Å²) in [5.41, 5.74) is 0. The normalized spacial score (nSPS) is 4.00. The van der Waals surface area contributed by atoms with E-state index in [1.807, 2.05) is 0 Å². The molecule has 0 heterocycles. The van der Waals surface area contributed by atoms with Crippen molar-refractivity contribution in [2.24, 2.45) is 0 Å². The molecule has 3 heteroatoms. The highest BCUT2D eigenvalue weighted by Gasteiger charge is 1.26. The molecule has 3 N–H and O–H groups in total. The number of hydrogen-bond acceptors (Lipinski definition) is 2. The van der Waals surface area contributed by atoms with Crippen molar-refractivity contribution in [3.05, 3.63) is 0 Å². The molecule has 0 bridgehead atoms. The van der Waals surface area contributed by atoms with Gasteiger partial charge in [-0.25, -0.2) is 0 Å². The molecule has 0 radical (unpaired) electrons. The minimum absolute atomic E-state index is 0. The summed E-state index contributed by atoms with van der Waals surface area (Å²) in [6, 6.07) is 0. The molecule has 0 saturated carbocycles. The van der Waals surface area contributed by atoms with Gasteiger partial charge in [-0.1, -0.05) is 0 Å². The molecule has 0 atom stereocenters. The Bertz CT molecular complexity index is 15.5. The molecule has 0 amide bonds. The molecule has 0 saturated heterocycles. The molecule has 0 spiro atoms. The van der Waals surface area contributed by atoms with Crippen molar-refractivity contribution in [3.8, 4) is 0 Å². The van der Waals surface area contributed by atoms with Crippen molar-refractivity contribution < 1.29 is 4.79 Å². The summed E-state index contributed by atoms with van der Waals surface area (Å²) in [5.74, 6) is 0.889. The van der Waals surface area contributed by atoms with Crippen LogP contribution in [0.1, 0.15) is 0 Å². The van der Waals surface area contributed by atoms with Gasteiger partial charge in [0, 0.05) is 0 Å². The second-order valence-electron chi connectivity index (χ2n) is 0.236. The SMILES string of the molecule is N.O=C[SiH3]. The molecule has 0 aliphatic heterocycles. The fraction of sp³-hybridized carbons (Fsp3) is 0. The quantitative estimate of drug-likeness (QED) is 0.289. The van der Waals surface area contributed by atoms with E-state index in [4.69, 9.17) is 4.79 Å². The molecule has 0 aromatic rings. The Morgan fingerprint density at radius 1 is 1.75 bits per heavy atom. The fourth-order valence-corrected chi connectivity index (χ4v) is 0. The van der Waals surface area contributed by atoms with Crippen molar-refractivity contribution in [2.45, 2.75) is 0 Å². The Labute approximate surface area is 28.2 Å². The highest BCUT2D eigenvalue weighted by Crippen LogP contribution is 0.946. The average Bonchev–Trinajstić information content (AvgIpc) is 0.918. The van der Waals surface area contributed by atoms with Crippen molar-refractivity contribution in [2.75, 3.05) is 0 Å². The van der Waals surface area contributed by atoms with Gasteiger partial charge in [0.25, 0.3) is 0 Å². The van der Waals surface area contributed by atoms with Gasteiger partial charge in [-0.3, -0.25) is 0 Å². The summed E-state index contributed by atoms with van der Waals surface area (Å²) in [6.07, 6.45) is 0. The van der Waals surface area contributed by atoms with Crippen LogP contribution in [0.25, 0.3) is 0 Å². The van der Waals surface area contributed by atoms with Crippen LogP contribution in [0.5, 0.6) is 0 Å². The zero-order chi connectivity index (χ0) is 2.71. The van der Waals surface area contributed by atoms with E-state index in [1.54, 1.807) is 0 Å². The van der Waals surface area contributed by atoms with Gasteiger partial charge in [-0.2, -0.15) is 0 Å². The van der Waals surface area contributed by atoms with Gasteiger partial charge in [0.1, 0.15) is 0 Å². The van der Waals surface area contributed by atoms with Gasteiger partial charge >= 0.3 is 0 Å². The predicted molar refractivity (Wildman–Crippen MR) is 21.7 cm³/mol. The third-order valence-corrected chi connectivity index (χ3v) is 0. The Balaban J connectivity index is 0. The Hall–Kier alpha value is -0.153. The zero-order valence-electron chi connectivity index (χ0n) is 2.69. The molecular weight excluding hydrogens is 70.1 g/mol. The van der Waals surface area contributed by atoms with Crippen LogP contribution >= 0.6 is 0 Å². The molecule has 0 aliphatic carbocycles. The van der Waals surface area contributed by atoms with Crippen molar-refractivity contribution in [1.82, 2.24) is 6.15 Å². The van der Waals surface area contributed by atoms with Crippen molar-refractivity contribution >= 4 is 16.2 Å². The van der Waals surface area contributed by atoms with Gasteiger partial charge in [0.2, 0.25) is 0 Å². The Morgan fingerprint density at radius 3 is 1.75 bits per heavy atom. The highest BCUT2D eigenvalue weighted by atomic mass is 28.1. The average molecular weight is 77.2 g/mol. The minimum Gasteiger partial charge on any atom is -0.344 e.